The highest BCUT2D eigenvalue weighted by atomic mass is 16.3. The van der Waals surface area contributed by atoms with Crippen LogP contribution in [0.1, 0.15) is 32.6 Å². The molecule has 2 N–H and O–H groups in total. The van der Waals surface area contributed by atoms with Crippen molar-refractivity contribution in [1.82, 2.24) is 5.32 Å². The number of nitrogens with one attached hydrogen (secondary N) is 1. The first-order valence-electron chi connectivity index (χ1n) is 4.14. The molecular weight excluding hydrogens is 126 g/mol. The van der Waals surface area contributed by atoms with Crippen molar-refractivity contribution >= 4 is 0 Å². The Labute approximate surface area is 61.6 Å². The number of piperidine rings is 1. The lowest BCUT2D eigenvalue weighted by Crippen LogP contribution is -2.46. The van der Waals surface area contributed by atoms with Crippen LogP contribution in [0.3, 0.4) is 0 Å². The van der Waals surface area contributed by atoms with E-state index < -0.39 is 0 Å². The van der Waals surface area contributed by atoms with E-state index >= 15 is 0 Å². The Morgan fingerprint density at radius 2 is 1.80 bits per heavy atom. The fraction of sp³-hybridized carbons (Fsp3) is 1.00. The van der Waals surface area contributed by atoms with Crippen LogP contribution < -0.4 is 5.32 Å². The maximum absolute atomic E-state index is 9.72. The quantitative estimate of drug-likeness (QED) is 0.519. The summed E-state index contributed by atoms with van der Waals surface area (Å²) in [6.45, 7) is 1.96. The van der Waals surface area contributed by atoms with E-state index in [0.29, 0.717) is 12.1 Å². The zero-order valence-electron chi connectivity index (χ0n) is 6.43. The maximum Gasteiger partial charge on any atom is 0.0649 e. The predicted octanol–water partition coefficient (Wildman–Crippen LogP) is 0.652. The summed E-state index contributed by atoms with van der Waals surface area (Å²) in [7, 11) is 0. The van der Waals surface area contributed by atoms with Gasteiger partial charge in [0.05, 0.1) is 5.60 Å². The lowest BCUT2D eigenvalue weighted by molar-refractivity contribution is 0.0111. The first kappa shape index (κ1) is 6.62. The van der Waals surface area contributed by atoms with E-state index in [1.807, 2.05) is 6.92 Å². The van der Waals surface area contributed by atoms with Crippen LogP contribution in [0.5, 0.6) is 0 Å². The van der Waals surface area contributed by atoms with Crippen LogP contribution >= 0.6 is 0 Å². The molecule has 2 heteroatoms. The maximum atomic E-state index is 9.72. The molecule has 0 spiro atoms. The van der Waals surface area contributed by atoms with Gasteiger partial charge in [-0.3, -0.25) is 0 Å². The molecule has 0 radical (unpaired) electrons. The van der Waals surface area contributed by atoms with E-state index in [2.05, 4.69) is 5.32 Å². The Morgan fingerprint density at radius 3 is 2.30 bits per heavy atom. The van der Waals surface area contributed by atoms with E-state index in [1.165, 1.54) is 12.8 Å². The second kappa shape index (κ2) is 1.95. The Bertz CT molecular complexity index is 130. The average Bonchev–Trinajstić information content (AvgIpc) is 2.08. The molecule has 0 aromatic heterocycles. The van der Waals surface area contributed by atoms with Crippen LogP contribution in [-0.4, -0.2) is 22.8 Å². The van der Waals surface area contributed by atoms with Crippen LogP contribution in [0.25, 0.3) is 0 Å². The summed E-state index contributed by atoms with van der Waals surface area (Å²) in [4.78, 5) is 0. The summed E-state index contributed by atoms with van der Waals surface area (Å²) < 4.78 is 0. The number of fused-ring (bicyclic) bond motifs is 2. The van der Waals surface area contributed by atoms with E-state index in [1.54, 1.807) is 0 Å². The summed E-state index contributed by atoms with van der Waals surface area (Å²) in [6.07, 6.45) is 4.43. The minimum Gasteiger partial charge on any atom is -0.390 e. The Balaban J connectivity index is 2.09. The fourth-order valence-electron chi connectivity index (χ4n) is 2.37. The average molecular weight is 141 g/mol. The van der Waals surface area contributed by atoms with Crippen LogP contribution in [0.15, 0.2) is 0 Å². The molecule has 0 aliphatic carbocycles. The van der Waals surface area contributed by atoms with Crippen molar-refractivity contribution in [3.63, 3.8) is 0 Å². The third-order valence-electron chi connectivity index (χ3n) is 2.71. The molecule has 2 rings (SSSR count). The molecule has 2 atom stereocenters. The fourth-order valence-corrected chi connectivity index (χ4v) is 2.37. The van der Waals surface area contributed by atoms with Crippen molar-refractivity contribution in [2.24, 2.45) is 0 Å². The zero-order valence-corrected chi connectivity index (χ0v) is 6.43. The van der Waals surface area contributed by atoms with Crippen molar-refractivity contribution in [1.29, 1.82) is 0 Å². The van der Waals surface area contributed by atoms with Crippen LogP contribution in [0.4, 0.5) is 0 Å². The highest BCUT2D eigenvalue weighted by Gasteiger charge is 2.38. The Morgan fingerprint density at radius 1 is 1.30 bits per heavy atom. The molecule has 2 saturated heterocycles. The normalized spacial score (nSPS) is 53.4. The standard InChI is InChI=1S/C8H15NO/c1-8(10)4-6-2-3-7(5-8)9-6/h6-7,9-10H,2-5H2,1H3/t6-,7-/m1/s1. The number of hydrogen-bond donors (Lipinski definition) is 2. The van der Waals surface area contributed by atoms with E-state index in [0.717, 1.165) is 12.8 Å². The molecule has 10 heavy (non-hydrogen) atoms. The second-order valence-corrected chi connectivity index (χ2v) is 4.04. The molecule has 0 saturated carbocycles. The molecule has 0 unspecified atom stereocenters. The van der Waals surface area contributed by atoms with Gasteiger partial charge in [-0.2, -0.15) is 0 Å². The molecule has 0 amide bonds. The smallest absolute Gasteiger partial charge is 0.0649 e. The molecule has 58 valence electrons. The first-order valence-corrected chi connectivity index (χ1v) is 4.14. The van der Waals surface area contributed by atoms with Crippen molar-refractivity contribution < 1.29 is 5.11 Å². The van der Waals surface area contributed by atoms with Gasteiger partial charge in [-0.25, -0.2) is 0 Å². The predicted molar refractivity (Wildman–Crippen MR) is 39.8 cm³/mol. The molecule has 0 aromatic rings. The van der Waals surface area contributed by atoms with Crippen molar-refractivity contribution in [3.8, 4) is 0 Å². The third kappa shape index (κ3) is 1.06. The molecule has 2 aliphatic rings. The summed E-state index contributed by atoms with van der Waals surface area (Å²) >= 11 is 0. The number of hydrogen-bond acceptors (Lipinski definition) is 2. The Hall–Kier alpha value is -0.0800. The molecule has 0 aromatic carbocycles. The van der Waals surface area contributed by atoms with Gasteiger partial charge in [0.25, 0.3) is 0 Å². The van der Waals surface area contributed by atoms with Gasteiger partial charge in [-0.15, -0.1) is 0 Å². The number of aliphatic hydroxyl groups is 1. The second-order valence-electron chi connectivity index (χ2n) is 4.04. The van der Waals surface area contributed by atoms with Crippen LogP contribution in [0.2, 0.25) is 0 Å². The van der Waals surface area contributed by atoms with Crippen LogP contribution in [-0.2, 0) is 0 Å². The highest BCUT2D eigenvalue weighted by Crippen LogP contribution is 2.33. The largest absolute Gasteiger partial charge is 0.390 e. The van der Waals surface area contributed by atoms with Crippen molar-refractivity contribution in [3.05, 3.63) is 0 Å². The summed E-state index contributed by atoms with van der Waals surface area (Å²) in [5.74, 6) is 0. The van der Waals surface area contributed by atoms with Gasteiger partial charge in [-0.05, 0) is 32.6 Å². The first-order chi connectivity index (χ1) is 4.66. The molecule has 2 aliphatic heterocycles. The van der Waals surface area contributed by atoms with E-state index in [9.17, 15) is 5.11 Å². The molecular formula is C8H15NO. The van der Waals surface area contributed by atoms with Gasteiger partial charge in [0.15, 0.2) is 0 Å². The minimum absolute atomic E-state index is 0.378. The van der Waals surface area contributed by atoms with Gasteiger partial charge in [-0.1, -0.05) is 0 Å². The molecule has 2 fully saturated rings. The SMILES string of the molecule is CC1(O)C[C@H]2CC[C@H](C1)N2. The van der Waals surface area contributed by atoms with Crippen LogP contribution in [0, 0.1) is 0 Å². The Kier molecular flexibility index (Phi) is 1.29. The van der Waals surface area contributed by atoms with Gasteiger partial charge >= 0.3 is 0 Å². The lowest BCUT2D eigenvalue weighted by Gasteiger charge is -2.33. The highest BCUT2D eigenvalue weighted by molar-refractivity contribution is 4.97. The zero-order chi connectivity index (χ0) is 7.19. The molecule has 2 heterocycles. The van der Waals surface area contributed by atoms with Gasteiger partial charge in [0.1, 0.15) is 0 Å². The monoisotopic (exact) mass is 141 g/mol. The van der Waals surface area contributed by atoms with E-state index in [-0.39, 0.29) is 5.60 Å². The topological polar surface area (TPSA) is 32.3 Å². The number of rotatable bonds is 0. The van der Waals surface area contributed by atoms with Gasteiger partial charge < -0.3 is 10.4 Å². The molecule has 2 bridgehead atoms. The molecule has 2 nitrogen and oxygen atoms in total. The van der Waals surface area contributed by atoms with E-state index in [4.69, 9.17) is 0 Å². The van der Waals surface area contributed by atoms with Gasteiger partial charge in [0, 0.05) is 12.1 Å². The summed E-state index contributed by atoms with van der Waals surface area (Å²) in [5.41, 5.74) is -0.378. The van der Waals surface area contributed by atoms with Crippen molar-refractivity contribution in [2.45, 2.75) is 50.3 Å². The summed E-state index contributed by atoms with van der Waals surface area (Å²) in [6, 6.07) is 1.21. The lowest BCUT2D eigenvalue weighted by atomic mass is 9.90. The third-order valence-corrected chi connectivity index (χ3v) is 2.71. The van der Waals surface area contributed by atoms with Crippen molar-refractivity contribution in [2.75, 3.05) is 0 Å². The summed E-state index contributed by atoms with van der Waals surface area (Å²) in [5, 5.41) is 13.2. The minimum atomic E-state index is -0.378. The van der Waals surface area contributed by atoms with Gasteiger partial charge in [0.2, 0.25) is 0 Å².